The van der Waals surface area contributed by atoms with Gasteiger partial charge in [0.2, 0.25) is 10.0 Å². The molecule has 154 valence electrons. The van der Waals surface area contributed by atoms with Crippen LogP contribution in [0.25, 0.3) is 0 Å². The predicted molar refractivity (Wildman–Crippen MR) is 109 cm³/mol. The van der Waals surface area contributed by atoms with Crippen molar-refractivity contribution in [3.63, 3.8) is 0 Å². The van der Waals surface area contributed by atoms with Gasteiger partial charge in [-0.15, -0.1) is 0 Å². The van der Waals surface area contributed by atoms with E-state index in [0.29, 0.717) is 0 Å². The third-order valence-electron chi connectivity index (χ3n) is 2.49. The second-order valence-corrected chi connectivity index (χ2v) is 5.61. The molecule has 0 amide bonds. The van der Waals surface area contributed by atoms with E-state index in [1.807, 2.05) is 0 Å². The Morgan fingerprint density at radius 2 is 2.14 bits per heavy atom. The van der Waals surface area contributed by atoms with E-state index in [1.54, 1.807) is 0 Å². The number of methoxy groups -OCH3 is 1. The molecular formula is C20H28N2O5S. The second-order valence-electron chi connectivity index (χ2n) is 4.25. The Morgan fingerprint density at radius 1 is 1.32 bits per heavy atom. The maximum Gasteiger partial charge on any atom is 0.241 e. The average Bonchev–Trinajstić information content (AvgIpc) is 2.99. The molecule has 0 aliphatic rings. The number of rotatable bonds is 12. The average molecular weight is 437 g/mol. The first-order chi connectivity index (χ1) is 24.5. The maximum absolute atomic E-state index is 13.0. The van der Waals surface area contributed by atoms with Gasteiger partial charge in [0.25, 0.3) is 0 Å². The van der Waals surface area contributed by atoms with Gasteiger partial charge in [0.15, 0.2) is 11.5 Å². The topological polar surface area (TPSA) is 99.9 Å². The van der Waals surface area contributed by atoms with Crippen LogP contribution in [0.1, 0.15) is 53.5 Å². The number of para-hydroxylation sites is 2. The smallest absolute Gasteiger partial charge is 0.241 e. The Balaban J connectivity index is 3.06. The van der Waals surface area contributed by atoms with E-state index in [2.05, 4.69) is 9.47 Å². The van der Waals surface area contributed by atoms with Gasteiger partial charge in [-0.2, -0.15) is 0 Å². The number of sulfonamides is 1. The van der Waals surface area contributed by atoms with E-state index in [0.717, 1.165) is 0 Å². The highest BCUT2D eigenvalue weighted by Crippen LogP contribution is 2.26. The summed E-state index contributed by atoms with van der Waals surface area (Å²) in [7, 11) is -9.58. The number of primary sulfonamides is 1. The molecule has 8 heteroatoms. The molecule has 2 aromatic rings. The molecule has 0 heterocycles. The standard InChI is InChI=1S/C20H28N2O5S/c1-4-26-17-7-5-6-8-18(17)27-12-11-22-15(2)13-16-9-10-19(25-3)20(14-16)28(21,23)24/h5-10,14-15,22H,4,11-13H2,1-3H3,(H2,21,23,24)/t15-/m1/s1/i1D3,2D3,3D3,4D2,5D,6D,7D,8D,9D,10D,11D2,12D2,13D2,14D,15D/hD3. The Kier molecular flexibility index (Phi) is 1.93. The van der Waals surface area contributed by atoms with Crippen molar-refractivity contribution in [3.8, 4) is 17.2 Å². The number of nitrogens with one attached hydrogen (secondary N) is 1. The molecular weight excluding hydrogens is 380 g/mol. The molecule has 0 fully saturated rings. The van der Waals surface area contributed by atoms with Crippen LogP contribution in [0.3, 0.4) is 0 Å². The fraction of sp³-hybridized carbons (Fsp3) is 0.400. The number of ether oxygens (including phenoxy) is 3. The van der Waals surface area contributed by atoms with Crippen molar-refractivity contribution in [3.05, 3.63) is 47.9 Å². The molecule has 0 unspecified atom stereocenters. The summed E-state index contributed by atoms with van der Waals surface area (Å²) in [6.45, 7) is -21.2. The molecule has 28 heavy (non-hydrogen) atoms. The summed E-state index contributed by atoms with van der Waals surface area (Å²) in [4.78, 5) is -2.02. The number of nitrogens with two attached hydrogens (primary N) is 1. The van der Waals surface area contributed by atoms with Crippen LogP contribution >= 0.6 is 0 Å². The zero-order valence-electron chi connectivity index (χ0n) is 41.3. The SMILES string of the molecule is [2H]c1c([2H])c([2H])c(OC([2H])([2H])C([2H])([2H])N([2H])[C@]([2H])(C([2H])([2H])[2H])C([2H])([2H])c2c([2H])c([2H])c(OC([2H])([2H])[2H])c(S(=O)(=O)N([2H])[2H])c2[2H])c(OC([2H])([2H])C([2H])([2H])[2H])c1[2H]. The highest BCUT2D eigenvalue weighted by atomic mass is 32.2. The summed E-state index contributed by atoms with van der Waals surface area (Å²) in [6.07, 6.45) is -4.59. The maximum atomic E-state index is 13.0. The number of benzene rings is 2. The van der Waals surface area contributed by atoms with E-state index in [-0.39, 0.29) is 0 Å². The zero-order chi connectivity index (χ0) is 44.7. The lowest BCUT2D eigenvalue weighted by Gasteiger charge is -2.16. The first-order valence-corrected chi connectivity index (χ1v) is 8.08. The molecule has 0 radical (unpaired) electrons. The monoisotopic (exact) mass is 436 g/mol. The van der Waals surface area contributed by atoms with Crippen molar-refractivity contribution in [2.75, 3.05) is 26.7 Å². The van der Waals surface area contributed by atoms with E-state index in [1.165, 1.54) is 0 Å². The predicted octanol–water partition coefficient (Wildman–Crippen LogP) is 2.34. The highest BCUT2D eigenvalue weighted by Gasteiger charge is 2.16. The Labute approximate surface area is 206 Å². The van der Waals surface area contributed by atoms with Gasteiger partial charge in [0.05, 0.1) is 32.8 Å². The van der Waals surface area contributed by atoms with E-state index < -0.39 is 143 Å². The lowest BCUT2D eigenvalue weighted by atomic mass is 10.1. The molecule has 2 rings (SSSR count). The molecule has 0 saturated carbocycles. The minimum Gasteiger partial charge on any atom is -0.495 e. The van der Waals surface area contributed by atoms with Gasteiger partial charge in [0.1, 0.15) is 21.4 Å². The van der Waals surface area contributed by atoms with Gasteiger partial charge in [-0.1, -0.05) is 18.1 Å². The number of hydrogen-bond donors (Lipinski definition) is 2. The molecule has 1 atom stereocenters. The minimum absolute atomic E-state index is 1.19. The Morgan fingerprint density at radius 3 is 2.86 bits per heavy atom. The van der Waals surface area contributed by atoms with Crippen molar-refractivity contribution in [1.82, 2.24) is 5.31 Å². The molecule has 2 aromatic carbocycles. The Hall–Kier alpha value is -2.29. The summed E-state index contributed by atoms with van der Waals surface area (Å²) in [5, 5.41) is -2.50. The van der Waals surface area contributed by atoms with Gasteiger partial charge in [0, 0.05) is 27.6 Å². The first-order valence-electron chi connectivity index (χ1n) is 20.5. The fourth-order valence-corrected chi connectivity index (χ4v) is 2.03. The largest absolute Gasteiger partial charge is 0.495 e. The molecule has 7 nitrogen and oxygen atoms in total. The lowest BCUT2D eigenvalue weighted by Crippen LogP contribution is -2.32. The number of hydrogen-bond acceptors (Lipinski definition) is 6. The van der Waals surface area contributed by atoms with Crippen LogP contribution < -0.4 is 24.6 Å². The lowest BCUT2D eigenvalue weighted by molar-refractivity contribution is 0.272. The molecule has 0 aliphatic heterocycles. The van der Waals surface area contributed by atoms with Gasteiger partial charge in [-0.05, 0) is 49.8 Å². The van der Waals surface area contributed by atoms with Crippen molar-refractivity contribution in [2.24, 2.45) is 5.13 Å². The second kappa shape index (κ2) is 10.3. The fourth-order valence-electron chi connectivity index (χ4n) is 1.48. The summed E-state index contributed by atoms with van der Waals surface area (Å²) < 4.78 is 262. The molecule has 0 bridgehead atoms. The van der Waals surface area contributed by atoms with Crippen LogP contribution in [-0.2, 0) is 16.4 Å². The summed E-state index contributed by atoms with van der Waals surface area (Å²) in [6, 6.07) is -15.9. The van der Waals surface area contributed by atoms with Crippen LogP contribution in [0.4, 0.5) is 0 Å². The van der Waals surface area contributed by atoms with Crippen LogP contribution in [0.15, 0.2) is 47.2 Å². The highest BCUT2D eigenvalue weighted by molar-refractivity contribution is 7.89. The zero-order valence-corrected chi connectivity index (χ0v) is 14.2. The molecule has 3 N–H and O–H groups in total. The minimum atomic E-state index is -5.88. The third kappa shape index (κ3) is 6.40. The van der Waals surface area contributed by atoms with Crippen molar-refractivity contribution >= 4 is 10.0 Å². The van der Waals surface area contributed by atoms with Gasteiger partial charge in [-0.3, -0.25) is 0 Å². The van der Waals surface area contributed by atoms with Gasteiger partial charge < -0.3 is 19.5 Å². The molecule has 0 saturated heterocycles. The van der Waals surface area contributed by atoms with Crippen molar-refractivity contribution < 1.29 is 61.1 Å². The quantitative estimate of drug-likeness (QED) is 0.530. The third-order valence-corrected chi connectivity index (χ3v) is 3.29. The molecule has 0 aromatic heterocycles. The normalized spacial score (nSPS) is 31.8. The molecule has 0 aliphatic carbocycles. The van der Waals surface area contributed by atoms with Crippen LogP contribution in [-0.4, -0.2) is 41.1 Å². The van der Waals surface area contributed by atoms with Crippen LogP contribution in [0.5, 0.6) is 17.2 Å². The first kappa shape index (κ1) is 5.24. The van der Waals surface area contributed by atoms with Crippen molar-refractivity contribution in [2.45, 2.75) is 31.0 Å². The van der Waals surface area contributed by atoms with Gasteiger partial charge >= 0.3 is 0 Å². The van der Waals surface area contributed by atoms with E-state index in [4.69, 9.17) is 43.2 Å². The van der Waals surface area contributed by atoms with Crippen LogP contribution in [0, 0.1) is 0 Å². The summed E-state index contributed by atoms with van der Waals surface area (Å²) in [5.41, 5.74) is -2.01. The van der Waals surface area contributed by atoms with E-state index >= 15 is 0 Å². The van der Waals surface area contributed by atoms with E-state index in [9.17, 15) is 8.42 Å². The van der Waals surface area contributed by atoms with Crippen LogP contribution in [0.2, 0.25) is 4.24 Å². The van der Waals surface area contributed by atoms with Gasteiger partial charge in [-0.25, -0.2) is 13.5 Å². The summed E-state index contributed by atoms with van der Waals surface area (Å²) >= 11 is 0. The summed E-state index contributed by atoms with van der Waals surface area (Å²) in [5.74, 6) is -5.07. The molecule has 0 spiro atoms. The van der Waals surface area contributed by atoms with Crippen molar-refractivity contribution in [1.29, 1.82) is 0 Å². The Bertz CT molecular complexity index is 1960.